The van der Waals surface area contributed by atoms with Crippen molar-refractivity contribution in [3.63, 3.8) is 0 Å². The predicted molar refractivity (Wildman–Crippen MR) is 76.9 cm³/mol. The number of hydrazone groups is 2. The molecule has 1 aromatic carbocycles. The van der Waals surface area contributed by atoms with Gasteiger partial charge in [0.2, 0.25) is 5.91 Å². The molecule has 1 aromatic rings. The standard InChI is InChI=1S/C14H14N4O2/c1-10-12(16-18-13(10)19)14(20)17-15-9-5-8-11-6-3-2-4-7-11/h2-10H,1H3,(H,17,20)(H,18,19)/b8-5+,15-9+/t10-/m1/s1. The lowest BCUT2D eigenvalue weighted by atomic mass is 10.1. The van der Waals surface area contributed by atoms with Gasteiger partial charge in [-0.2, -0.15) is 10.2 Å². The van der Waals surface area contributed by atoms with Gasteiger partial charge in [0.1, 0.15) is 5.71 Å². The molecule has 0 unspecified atom stereocenters. The summed E-state index contributed by atoms with van der Waals surface area (Å²) in [6.07, 6.45) is 5.02. The summed E-state index contributed by atoms with van der Waals surface area (Å²) in [6, 6.07) is 9.71. The van der Waals surface area contributed by atoms with E-state index in [1.807, 2.05) is 36.4 Å². The Kier molecular flexibility index (Phi) is 4.39. The molecule has 1 aliphatic rings. The molecule has 1 atom stereocenters. The maximum Gasteiger partial charge on any atom is 0.288 e. The second-order valence-electron chi connectivity index (χ2n) is 4.18. The second-order valence-corrected chi connectivity index (χ2v) is 4.18. The summed E-state index contributed by atoms with van der Waals surface area (Å²) in [5, 5.41) is 7.42. The van der Waals surface area contributed by atoms with E-state index in [-0.39, 0.29) is 11.6 Å². The van der Waals surface area contributed by atoms with Gasteiger partial charge in [-0.05, 0) is 18.6 Å². The maximum absolute atomic E-state index is 11.7. The number of hydrogen-bond donors (Lipinski definition) is 2. The molecular formula is C14H14N4O2. The molecule has 0 saturated heterocycles. The van der Waals surface area contributed by atoms with E-state index in [4.69, 9.17) is 0 Å². The molecule has 6 nitrogen and oxygen atoms in total. The summed E-state index contributed by atoms with van der Waals surface area (Å²) in [6.45, 7) is 1.61. The Morgan fingerprint density at radius 1 is 1.40 bits per heavy atom. The summed E-state index contributed by atoms with van der Waals surface area (Å²) in [4.78, 5) is 22.8. The third kappa shape index (κ3) is 3.38. The summed E-state index contributed by atoms with van der Waals surface area (Å²) in [5.41, 5.74) is 5.74. The highest BCUT2D eigenvalue weighted by Crippen LogP contribution is 2.05. The van der Waals surface area contributed by atoms with E-state index in [9.17, 15) is 9.59 Å². The van der Waals surface area contributed by atoms with E-state index in [0.29, 0.717) is 0 Å². The van der Waals surface area contributed by atoms with Crippen molar-refractivity contribution in [2.24, 2.45) is 16.1 Å². The van der Waals surface area contributed by atoms with E-state index in [1.165, 1.54) is 6.21 Å². The Hall–Kier alpha value is -2.76. The highest BCUT2D eigenvalue weighted by Gasteiger charge is 2.30. The first-order chi connectivity index (χ1) is 9.68. The van der Waals surface area contributed by atoms with Gasteiger partial charge < -0.3 is 0 Å². The highest BCUT2D eigenvalue weighted by molar-refractivity contribution is 6.44. The van der Waals surface area contributed by atoms with Crippen LogP contribution in [-0.4, -0.2) is 23.7 Å². The minimum Gasteiger partial charge on any atom is -0.272 e. The number of nitrogens with one attached hydrogen (secondary N) is 2. The van der Waals surface area contributed by atoms with E-state index < -0.39 is 11.8 Å². The molecule has 0 spiro atoms. The van der Waals surface area contributed by atoms with Gasteiger partial charge in [-0.25, -0.2) is 10.9 Å². The molecule has 0 aliphatic carbocycles. The van der Waals surface area contributed by atoms with Gasteiger partial charge >= 0.3 is 0 Å². The van der Waals surface area contributed by atoms with Gasteiger partial charge in [0, 0.05) is 6.21 Å². The predicted octanol–water partition coefficient (Wildman–Crippen LogP) is 0.924. The first-order valence-electron chi connectivity index (χ1n) is 6.11. The van der Waals surface area contributed by atoms with Crippen molar-refractivity contribution < 1.29 is 9.59 Å². The summed E-state index contributed by atoms with van der Waals surface area (Å²) >= 11 is 0. The number of allylic oxidation sites excluding steroid dienone is 1. The van der Waals surface area contributed by atoms with Crippen molar-refractivity contribution >= 4 is 29.8 Å². The topological polar surface area (TPSA) is 82.9 Å². The number of carbonyl (C=O) groups is 2. The van der Waals surface area contributed by atoms with Gasteiger partial charge in [0.15, 0.2) is 0 Å². The van der Waals surface area contributed by atoms with Crippen LogP contribution < -0.4 is 10.9 Å². The first kappa shape index (κ1) is 13.7. The first-order valence-corrected chi connectivity index (χ1v) is 6.11. The molecule has 2 rings (SSSR count). The number of carbonyl (C=O) groups excluding carboxylic acids is 2. The van der Waals surface area contributed by atoms with Gasteiger partial charge in [0.05, 0.1) is 5.92 Å². The maximum atomic E-state index is 11.7. The minimum atomic E-state index is -0.551. The number of benzene rings is 1. The van der Waals surface area contributed by atoms with Crippen molar-refractivity contribution in [3.05, 3.63) is 42.0 Å². The molecule has 0 fully saturated rings. The van der Waals surface area contributed by atoms with Crippen molar-refractivity contribution in [1.29, 1.82) is 0 Å². The van der Waals surface area contributed by atoms with Crippen molar-refractivity contribution in [3.8, 4) is 0 Å². The number of amides is 2. The van der Waals surface area contributed by atoms with E-state index in [1.54, 1.807) is 13.0 Å². The molecule has 1 aliphatic heterocycles. The Morgan fingerprint density at radius 3 is 2.80 bits per heavy atom. The molecule has 0 aromatic heterocycles. The molecule has 20 heavy (non-hydrogen) atoms. The highest BCUT2D eigenvalue weighted by atomic mass is 16.2. The summed E-state index contributed by atoms with van der Waals surface area (Å²) in [5.74, 6) is -1.33. The second kappa shape index (κ2) is 6.42. The van der Waals surface area contributed by atoms with Gasteiger partial charge in [0.25, 0.3) is 5.91 Å². The lowest BCUT2D eigenvalue weighted by Gasteiger charge is -2.01. The quantitative estimate of drug-likeness (QED) is 0.630. The zero-order chi connectivity index (χ0) is 14.4. The molecule has 0 saturated carbocycles. The minimum absolute atomic E-state index is 0.138. The van der Waals surface area contributed by atoms with Crippen molar-refractivity contribution in [2.45, 2.75) is 6.92 Å². The van der Waals surface area contributed by atoms with Crippen LogP contribution in [0.5, 0.6) is 0 Å². The zero-order valence-electron chi connectivity index (χ0n) is 10.9. The van der Waals surface area contributed by atoms with Crippen LogP contribution in [0.15, 0.2) is 46.6 Å². The largest absolute Gasteiger partial charge is 0.288 e. The Morgan fingerprint density at radius 2 is 2.15 bits per heavy atom. The molecule has 0 radical (unpaired) electrons. The average Bonchev–Trinajstić information content (AvgIpc) is 2.80. The van der Waals surface area contributed by atoms with Crippen LogP contribution >= 0.6 is 0 Å². The molecule has 6 heteroatoms. The fourth-order valence-electron chi connectivity index (χ4n) is 1.60. The van der Waals surface area contributed by atoms with Crippen LogP contribution in [0.3, 0.4) is 0 Å². The monoisotopic (exact) mass is 270 g/mol. The summed E-state index contributed by atoms with van der Waals surface area (Å²) < 4.78 is 0. The Bertz CT molecular complexity index is 590. The SMILES string of the molecule is C[C@H]1C(=O)NN=C1C(=O)N/N=C/C=C/c1ccccc1. The molecular weight excluding hydrogens is 256 g/mol. The Balaban J connectivity index is 1.84. The van der Waals surface area contributed by atoms with Gasteiger partial charge in [-0.1, -0.05) is 36.4 Å². The van der Waals surface area contributed by atoms with Gasteiger partial charge in [-0.3, -0.25) is 9.59 Å². The van der Waals surface area contributed by atoms with Gasteiger partial charge in [-0.15, -0.1) is 0 Å². The molecule has 2 N–H and O–H groups in total. The number of nitrogens with zero attached hydrogens (tertiary/aromatic N) is 2. The fraction of sp³-hybridized carbons (Fsp3) is 0.143. The normalized spacial score (nSPS) is 18.4. The molecule has 102 valence electrons. The van der Waals surface area contributed by atoms with Crippen molar-refractivity contribution in [1.82, 2.24) is 10.9 Å². The molecule has 2 amide bonds. The smallest absolute Gasteiger partial charge is 0.272 e. The lowest BCUT2D eigenvalue weighted by Crippen LogP contribution is -2.32. The summed E-state index contributed by atoms with van der Waals surface area (Å²) in [7, 11) is 0. The average molecular weight is 270 g/mol. The lowest BCUT2D eigenvalue weighted by molar-refractivity contribution is -0.122. The molecule has 0 bridgehead atoms. The van der Waals surface area contributed by atoms with Crippen LogP contribution in [0, 0.1) is 5.92 Å². The third-order valence-electron chi connectivity index (χ3n) is 2.74. The van der Waals surface area contributed by atoms with E-state index in [0.717, 1.165) is 5.56 Å². The van der Waals surface area contributed by atoms with Crippen LogP contribution in [-0.2, 0) is 9.59 Å². The molecule has 1 heterocycles. The Labute approximate surface area is 116 Å². The van der Waals surface area contributed by atoms with E-state index in [2.05, 4.69) is 21.1 Å². The van der Waals surface area contributed by atoms with E-state index >= 15 is 0 Å². The van der Waals surface area contributed by atoms with Crippen molar-refractivity contribution in [2.75, 3.05) is 0 Å². The number of rotatable bonds is 4. The van der Waals surface area contributed by atoms with Crippen LogP contribution in [0.2, 0.25) is 0 Å². The zero-order valence-corrected chi connectivity index (χ0v) is 10.9. The fourth-order valence-corrected chi connectivity index (χ4v) is 1.60. The van der Waals surface area contributed by atoms with Crippen LogP contribution in [0.25, 0.3) is 6.08 Å². The number of hydrogen-bond acceptors (Lipinski definition) is 4. The van der Waals surface area contributed by atoms with Crippen LogP contribution in [0.1, 0.15) is 12.5 Å². The third-order valence-corrected chi connectivity index (χ3v) is 2.74. The van der Waals surface area contributed by atoms with Crippen LogP contribution in [0.4, 0.5) is 0 Å².